The molecule has 2 N–H and O–H groups in total. The molecule has 1 atom stereocenters. The first-order chi connectivity index (χ1) is 13.5. The number of carboxylic acids is 1. The number of carbonyl (C=O) groups is 3. The number of carboxylic acid groups (broad SMARTS) is 1. The molecule has 1 aliphatic heterocycles. The fourth-order valence-corrected chi connectivity index (χ4v) is 3.04. The molecule has 0 unspecified atom stereocenters. The molecule has 2 heterocycles. The number of fused-ring (bicyclic) bond motifs is 1. The SMILES string of the molecule is O=C(N[C@@H](CCC(=O)N1CCCn2nccc21)C(=O)O)OCc1ccccc1. The van der Waals surface area contributed by atoms with Crippen LogP contribution in [0.25, 0.3) is 0 Å². The minimum atomic E-state index is -1.21. The van der Waals surface area contributed by atoms with Crippen LogP contribution < -0.4 is 10.2 Å². The Hall–Kier alpha value is -3.36. The van der Waals surface area contributed by atoms with Gasteiger partial charge in [-0.2, -0.15) is 5.10 Å². The molecule has 0 fully saturated rings. The van der Waals surface area contributed by atoms with E-state index < -0.39 is 18.1 Å². The summed E-state index contributed by atoms with van der Waals surface area (Å²) in [6, 6.07) is 9.61. The zero-order valence-electron chi connectivity index (χ0n) is 15.3. The van der Waals surface area contributed by atoms with Crippen LogP contribution >= 0.6 is 0 Å². The predicted molar refractivity (Wildman–Crippen MR) is 99.6 cm³/mol. The fourth-order valence-electron chi connectivity index (χ4n) is 3.04. The maximum absolute atomic E-state index is 12.5. The van der Waals surface area contributed by atoms with E-state index in [1.165, 1.54) is 0 Å². The first-order valence-electron chi connectivity index (χ1n) is 9.07. The normalized spacial score (nSPS) is 14.1. The van der Waals surface area contributed by atoms with E-state index >= 15 is 0 Å². The van der Waals surface area contributed by atoms with Crippen molar-refractivity contribution >= 4 is 23.8 Å². The van der Waals surface area contributed by atoms with Gasteiger partial charge >= 0.3 is 12.1 Å². The molecule has 2 amide bonds. The number of rotatable bonds is 7. The van der Waals surface area contributed by atoms with Crippen LogP contribution in [0.1, 0.15) is 24.8 Å². The van der Waals surface area contributed by atoms with Crippen molar-refractivity contribution in [2.24, 2.45) is 0 Å². The number of aliphatic carboxylic acids is 1. The maximum atomic E-state index is 12.5. The van der Waals surface area contributed by atoms with Gasteiger partial charge in [0.05, 0.1) is 6.20 Å². The van der Waals surface area contributed by atoms with Crippen molar-refractivity contribution in [1.29, 1.82) is 0 Å². The van der Waals surface area contributed by atoms with Gasteiger partial charge in [0.25, 0.3) is 0 Å². The number of anilines is 1. The molecule has 0 saturated heterocycles. The summed E-state index contributed by atoms with van der Waals surface area (Å²) in [6.45, 7) is 1.35. The maximum Gasteiger partial charge on any atom is 0.408 e. The largest absolute Gasteiger partial charge is 0.480 e. The van der Waals surface area contributed by atoms with E-state index in [1.807, 2.05) is 18.2 Å². The van der Waals surface area contributed by atoms with E-state index in [9.17, 15) is 19.5 Å². The highest BCUT2D eigenvalue weighted by Crippen LogP contribution is 2.20. The van der Waals surface area contributed by atoms with E-state index in [-0.39, 0.29) is 25.4 Å². The minimum absolute atomic E-state index is 0.0128. The summed E-state index contributed by atoms with van der Waals surface area (Å²) in [5, 5.41) is 15.8. The Labute approximate surface area is 161 Å². The van der Waals surface area contributed by atoms with Gasteiger partial charge in [0.1, 0.15) is 18.5 Å². The van der Waals surface area contributed by atoms with Crippen LogP contribution in [0.15, 0.2) is 42.6 Å². The number of amides is 2. The lowest BCUT2D eigenvalue weighted by molar-refractivity contribution is -0.139. The lowest BCUT2D eigenvalue weighted by atomic mass is 10.1. The third-order valence-electron chi connectivity index (χ3n) is 4.47. The van der Waals surface area contributed by atoms with Gasteiger partial charge in [-0.3, -0.25) is 9.69 Å². The molecule has 1 aliphatic rings. The average Bonchev–Trinajstić information content (AvgIpc) is 3.18. The lowest BCUT2D eigenvalue weighted by Crippen LogP contribution is -2.43. The Morgan fingerprint density at radius 3 is 2.71 bits per heavy atom. The molecule has 0 radical (unpaired) electrons. The zero-order valence-corrected chi connectivity index (χ0v) is 15.3. The molecular weight excluding hydrogens is 364 g/mol. The highest BCUT2D eigenvalue weighted by atomic mass is 16.5. The molecule has 0 spiro atoms. The Kier molecular flexibility index (Phi) is 6.25. The van der Waals surface area contributed by atoms with Gasteiger partial charge in [0, 0.05) is 25.6 Å². The van der Waals surface area contributed by atoms with Crippen LogP contribution in [0.5, 0.6) is 0 Å². The molecule has 0 bridgehead atoms. The van der Waals surface area contributed by atoms with Crippen LogP contribution in [-0.4, -0.2) is 45.4 Å². The summed E-state index contributed by atoms with van der Waals surface area (Å²) in [5.41, 5.74) is 0.793. The lowest BCUT2D eigenvalue weighted by Gasteiger charge is -2.28. The number of aromatic nitrogens is 2. The van der Waals surface area contributed by atoms with Crippen LogP contribution in [0.2, 0.25) is 0 Å². The second-order valence-corrected chi connectivity index (χ2v) is 6.45. The van der Waals surface area contributed by atoms with Crippen molar-refractivity contribution in [3.05, 3.63) is 48.2 Å². The molecule has 9 nitrogen and oxygen atoms in total. The summed E-state index contributed by atoms with van der Waals surface area (Å²) in [7, 11) is 0. The number of carbonyl (C=O) groups excluding carboxylic acids is 2. The molecule has 28 heavy (non-hydrogen) atoms. The third kappa shape index (κ3) is 4.87. The smallest absolute Gasteiger partial charge is 0.408 e. The van der Waals surface area contributed by atoms with Crippen molar-refractivity contribution in [3.63, 3.8) is 0 Å². The number of ether oxygens (including phenoxy) is 1. The summed E-state index contributed by atoms with van der Waals surface area (Å²) in [4.78, 5) is 37.5. The molecule has 3 rings (SSSR count). The standard InChI is InChI=1S/C19H22N4O5/c24-17(22-11-4-12-23-16(22)9-10-20-23)8-7-15(18(25)26)21-19(27)28-13-14-5-2-1-3-6-14/h1-3,5-6,9-10,15H,4,7-8,11-13H2,(H,21,27)(H,25,26)/t15-/m0/s1. The molecule has 0 saturated carbocycles. The monoisotopic (exact) mass is 386 g/mol. The third-order valence-corrected chi connectivity index (χ3v) is 4.47. The molecule has 1 aromatic heterocycles. The van der Waals surface area contributed by atoms with E-state index in [2.05, 4.69) is 10.4 Å². The molecule has 1 aromatic carbocycles. The minimum Gasteiger partial charge on any atom is -0.480 e. The first-order valence-corrected chi connectivity index (χ1v) is 9.07. The number of alkyl carbamates (subject to hydrolysis) is 1. The van der Waals surface area contributed by atoms with Crippen LogP contribution in [0, 0.1) is 0 Å². The van der Waals surface area contributed by atoms with Gasteiger partial charge in [0.15, 0.2) is 0 Å². The van der Waals surface area contributed by atoms with Gasteiger partial charge < -0.3 is 15.2 Å². The summed E-state index contributed by atoms with van der Waals surface area (Å²) in [5.74, 6) is -0.710. The average molecular weight is 386 g/mol. The fraction of sp³-hybridized carbons (Fsp3) is 0.368. The zero-order chi connectivity index (χ0) is 19.9. The summed E-state index contributed by atoms with van der Waals surface area (Å²) < 4.78 is 6.79. The van der Waals surface area contributed by atoms with E-state index in [0.717, 1.165) is 18.5 Å². The van der Waals surface area contributed by atoms with Gasteiger partial charge in [-0.1, -0.05) is 30.3 Å². The quantitative estimate of drug-likeness (QED) is 0.750. The Morgan fingerprint density at radius 1 is 1.18 bits per heavy atom. The Bertz CT molecular complexity index is 836. The van der Waals surface area contributed by atoms with Gasteiger partial charge in [-0.15, -0.1) is 0 Å². The number of nitrogens with one attached hydrogen (secondary N) is 1. The highest BCUT2D eigenvalue weighted by molar-refractivity contribution is 5.93. The number of hydrogen-bond acceptors (Lipinski definition) is 5. The van der Waals surface area contributed by atoms with E-state index in [4.69, 9.17) is 4.74 Å². The summed E-state index contributed by atoms with van der Waals surface area (Å²) in [6.07, 6.45) is 1.54. The molecule has 148 valence electrons. The summed E-state index contributed by atoms with van der Waals surface area (Å²) >= 11 is 0. The first kappa shape index (κ1) is 19.4. The highest BCUT2D eigenvalue weighted by Gasteiger charge is 2.26. The molecule has 0 aliphatic carbocycles. The van der Waals surface area contributed by atoms with Crippen molar-refractivity contribution < 1.29 is 24.2 Å². The van der Waals surface area contributed by atoms with Crippen molar-refractivity contribution in [3.8, 4) is 0 Å². The Morgan fingerprint density at radius 2 is 1.96 bits per heavy atom. The number of hydrogen-bond donors (Lipinski definition) is 2. The van der Waals surface area contributed by atoms with Crippen molar-refractivity contribution in [1.82, 2.24) is 15.1 Å². The van der Waals surface area contributed by atoms with Gasteiger partial charge in [0.2, 0.25) is 5.91 Å². The predicted octanol–water partition coefficient (Wildman–Crippen LogP) is 1.78. The molecular formula is C19H22N4O5. The number of benzene rings is 1. The molecule has 2 aromatic rings. The van der Waals surface area contributed by atoms with Crippen LogP contribution in [-0.2, 0) is 27.5 Å². The van der Waals surface area contributed by atoms with E-state index in [1.54, 1.807) is 34.0 Å². The van der Waals surface area contributed by atoms with E-state index in [0.29, 0.717) is 12.4 Å². The number of nitrogens with zero attached hydrogens (tertiary/aromatic N) is 3. The number of aryl methyl sites for hydroxylation is 1. The van der Waals surface area contributed by atoms with Crippen molar-refractivity contribution in [2.75, 3.05) is 11.4 Å². The second kappa shape index (κ2) is 9.03. The van der Waals surface area contributed by atoms with Crippen LogP contribution in [0.4, 0.5) is 10.6 Å². The van der Waals surface area contributed by atoms with Crippen LogP contribution in [0.3, 0.4) is 0 Å². The topological polar surface area (TPSA) is 114 Å². The van der Waals surface area contributed by atoms with Crippen molar-refractivity contribution in [2.45, 2.75) is 38.5 Å². The second-order valence-electron chi connectivity index (χ2n) is 6.45. The van der Waals surface area contributed by atoms with Gasteiger partial charge in [-0.25, -0.2) is 14.3 Å². The van der Waals surface area contributed by atoms with Gasteiger partial charge in [-0.05, 0) is 18.4 Å². The Balaban J connectivity index is 1.50. The molecule has 9 heteroatoms.